The van der Waals surface area contributed by atoms with Crippen LogP contribution in [0, 0.1) is 0 Å². The van der Waals surface area contributed by atoms with Crippen molar-refractivity contribution >= 4 is 0 Å². The molecule has 6 saturated carbocycles. The summed E-state index contributed by atoms with van der Waals surface area (Å²) in [4.78, 5) is 0. The molecule has 0 aromatic rings. The highest BCUT2D eigenvalue weighted by atomic mass is 16.5. The average molecular weight is 1000 g/mol. The van der Waals surface area contributed by atoms with Gasteiger partial charge in [-0.15, -0.1) is 0 Å². The summed E-state index contributed by atoms with van der Waals surface area (Å²) in [6, 6.07) is 0. The van der Waals surface area contributed by atoms with Crippen molar-refractivity contribution in [1.82, 2.24) is 10.6 Å². The fourth-order valence-electron chi connectivity index (χ4n) is 7.99. The summed E-state index contributed by atoms with van der Waals surface area (Å²) in [5.74, 6) is 0. The Morgan fingerprint density at radius 3 is 0.549 bits per heavy atom. The highest BCUT2D eigenvalue weighted by molar-refractivity contribution is 4.86. The zero-order valence-corrected chi connectivity index (χ0v) is 47.2. The smallest absolute Gasteiger partial charge is 0.0908 e. The maximum Gasteiger partial charge on any atom is 0.0908 e. The Morgan fingerprint density at radius 1 is 0.197 bits per heavy atom. The van der Waals surface area contributed by atoms with Gasteiger partial charge >= 0.3 is 0 Å². The third kappa shape index (κ3) is 66.7. The lowest BCUT2D eigenvalue weighted by Crippen LogP contribution is -2.29. The normalized spacial score (nSPS) is 23.2. The van der Waals surface area contributed by atoms with Gasteiger partial charge in [0.15, 0.2) is 0 Å². The zero-order valence-electron chi connectivity index (χ0n) is 47.2. The van der Waals surface area contributed by atoms with Crippen LogP contribution < -0.4 is 10.6 Å². The minimum Gasteiger partial charge on any atom is -0.501 e. The van der Waals surface area contributed by atoms with Gasteiger partial charge in [-0.1, -0.05) is 211 Å². The second kappa shape index (κ2) is 64.9. The van der Waals surface area contributed by atoms with E-state index in [-0.39, 0.29) is 0 Å². The molecular formula is C63H122N2O6. The maximum atomic E-state index is 5.07. The summed E-state index contributed by atoms with van der Waals surface area (Å²) in [6.45, 7) is 15.3. The molecule has 8 heteroatoms. The molecular weight excluding hydrogens is 881 g/mol. The molecule has 6 aliphatic carbocycles. The van der Waals surface area contributed by atoms with Crippen molar-refractivity contribution in [1.29, 1.82) is 0 Å². The number of nitrogens with one attached hydrogen (secondary N) is 2. The number of hydrogen-bond donors (Lipinski definition) is 2. The van der Waals surface area contributed by atoms with Gasteiger partial charge in [0, 0.05) is 46.1 Å². The first-order valence-corrected chi connectivity index (χ1v) is 31.4. The minimum absolute atomic E-state index is 0.819. The van der Waals surface area contributed by atoms with Crippen LogP contribution in [0.3, 0.4) is 0 Å². The van der Waals surface area contributed by atoms with E-state index in [1.165, 1.54) is 283 Å². The van der Waals surface area contributed by atoms with E-state index in [1.54, 1.807) is 6.26 Å². The average Bonchev–Trinajstić information content (AvgIpc) is 4.27. The summed E-state index contributed by atoms with van der Waals surface area (Å²) >= 11 is 0. The largest absolute Gasteiger partial charge is 0.501 e. The third-order valence-corrected chi connectivity index (χ3v) is 13.5. The molecule has 5 saturated heterocycles. The summed E-state index contributed by atoms with van der Waals surface area (Å²) < 4.78 is 29.7. The van der Waals surface area contributed by atoms with Crippen LogP contribution in [0.4, 0.5) is 0 Å². The Hall–Kier alpha value is -1.26. The molecule has 0 aromatic carbocycles. The van der Waals surface area contributed by atoms with Crippen molar-refractivity contribution in [3.63, 3.8) is 0 Å². The lowest BCUT2D eigenvalue weighted by Gasteiger charge is -2.09. The molecule has 0 aromatic heterocycles. The summed E-state index contributed by atoms with van der Waals surface area (Å²) in [5, 5.41) is 6.33. The van der Waals surface area contributed by atoms with E-state index in [0.717, 1.165) is 85.5 Å². The predicted octanol–water partition coefficient (Wildman–Crippen LogP) is 17.3. The molecule has 8 aliphatic heterocycles. The first kappa shape index (κ1) is 67.8. The van der Waals surface area contributed by atoms with Gasteiger partial charge in [0.25, 0.3) is 0 Å². The summed E-state index contributed by atoms with van der Waals surface area (Å²) in [7, 11) is 0. The number of ether oxygens (including phenoxy) is 6. The van der Waals surface area contributed by atoms with Crippen molar-refractivity contribution in [2.45, 2.75) is 270 Å². The van der Waals surface area contributed by atoms with Crippen molar-refractivity contribution in [3.8, 4) is 0 Å². The Kier molecular flexibility index (Phi) is 61.9. The topological polar surface area (TPSA) is 79.4 Å². The van der Waals surface area contributed by atoms with Crippen LogP contribution in [-0.4, -0.2) is 98.9 Å². The van der Waals surface area contributed by atoms with E-state index < -0.39 is 0 Å². The molecule has 0 atom stereocenters. The molecule has 0 unspecified atom stereocenters. The number of hydrogen-bond acceptors (Lipinski definition) is 8. The molecule has 8 nitrogen and oxygen atoms in total. The van der Waals surface area contributed by atoms with Crippen LogP contribution in [0.25, 0.3) is 0 Å². The molecule has 8 heterocycles. The van der Waals surface area contributed by atoms with E-state index >= 15 is 0 Å². The second-order valence-corrected chi connectivity index (χ2v) is 20.9. The first-order valence-electron chi connectivity index (χ1n) is 31.4. The van der Waals surface area contributed by atoms with Crippen LogP contribution in [0.15, 0.2) is 36.6 Å². The maximum absolute atomic E-state index is 5.07. The van der Waals surface area contributed by atoms with Crippen LogP contribution in [0.1, 0.15) is 270 Å². The quantitative estimate of drug-likeness (QED) is 0.232. The van der Waals surface area contributed by atoms with E-state index in [1.807, 2.05) is 24.3 Å². The van der Waals surface area contributed by atoms with Gasteiger partial charge < -0.3 is 39.1 Å². The zero-order chi connectivity index (χ0) is 50.2. The molecule has 0 radical (unpaired) electrons. The van der Waals surface area contributed by atoms with Gasteiger partial charge in [0.2, 0.25) is 0 Å². The van der Waals surface area contributed by atoms with Crippen LogP contribution >= 0.6 is 0 Å². The van der Waals surface area contributed by atoms with Gasteiger partial charge in [-0.25, -0.2) is 0 Å². The fourth-order valence-corrected chi connectivity index (χ4v) is 7.99. The number of rotatable bonds is 0. The molecule has 14 aliphatic rings. The molecule has 2 N–H and O–H groups in total. The Labute approximate surface area is 442 Å². The summed E-state index contributed by atoms with van der Waals surface area (Å²) in [5.41, 5.74) is 0. The van der Waals surface area contributed by atoms with Crippen LogP contribution in [0.5, 0.6) is 0 Å². The van der Waals surface area contributed by atoms with E-state index in [0.29, 0.717) is 0 Å². The molecule has 0 amide bonds. The van der Waals surface area contributed by atoms with E-state index in [4.69, 9.17) is 28.4 Å². The SMILES string of the molecule is C1=CCOC1.C1=CCOCC1.C1=COCC1.C1CC1.C1CCC1.C1CCCC1.C1CCCC1.C1CCCCC1.C1CCCCC1.C1CCNC1.C1CCOC1.C1CCOCC1.C1CCOCC1.C1CNC1. The van der Waals surface area contributed by atoms with Crippen molar-refractivity contribution in [2.24, 2.45) is 0 Å². The fraction of sp³-hybridized carbons (Fsp3) is 0.905. The molecule has 420 valence electrons. The standard InChI is InChI=1S/2C6H12.2C5H10O.C5H8O.2C5H10.C4H9N.C4H8O.2C4H6O.C4H8.C3H7N.C3H6/c5*1-2-4-6-5-3-1;6*1-2-4-5-3-1;2*1-2-4-3-1;1-2-3-1/h2*1-6H2;2*1-5H2;1-2H,3-5H2;2*1-5H2;5H,1-4H2;1-4H2;1,3H,2,4H2;1-2H,3-4H2;1-4H2;4H,1-3H2;1-3H2. The van der Waals surface area contributed by atoms with Gasteiger partial charge in [-0.2, -0.15) is 0 Å². The van der Waals surface area contributed by atoms with Gasteiger partial charge in [-0.3, -0.25) is 0 Å². The molecule has 0 spiro atoms. The van der Waals surface area contributed by atoms with E-state index in [2.05, 4.69) is 16.7 Å². The highest BCUT2D eigenvalue weighted by Crippen LogP contribution is 2.18. The second-order valence-electron chi connectivity index (χ2n) is 20.9. The van der Waals surface area contributed by atoms with E-state index in [9.17, 15) is 0 Å². The monoisotopic (exact) mass is 1000 g/mol. The Bertz CT molecular complexity index is 781. The van der Waals surface area contributed by atoms with Crippen LogP contribution in [-0.2, 0) is 28.4 Å². The molecule has 14 rings (SSSR count). The third-order valence-electron chi connectivity index (χ3n) is 13.5. The molecule has 11 fully saturated rings. The Morgan fingerprint density at radius 2 is 0.451 bits per heavy atom. The van der Waals surface area contributed by atoms with Crippen molar-refractivity contribution < 1.29 is 28.4 Å². The van der Waals surface area contributed by atoms with Gasteiger partial charge in [0.05, 0.1) is 39.3 Å². The lowest BCUT2D eigenvalue weighted by molar-refractivity contribution is 0.0967. The minimum atomic E-state index is 0.819. The van der Waals surface area contributed by atoms with Crippen molar-refractivity contribution in [3.05, 3.63) is 36.6 Å². The Balaban J connectivity index is 0.000000383. The first-order chi connectivity index (χ1) is 35.5. The van der Waals surface area contributed by atoms with Gasteiger partial charge in [-0.05, 0) is 109 Å². The highest BCUT2D eigenvalue weighted by Gasteiger charge is 2.00. The van der Waals surface area contributed by atoms with Crippen molar-refractivity contribution in [2.75, 3.05) is 98.9 Å². The van der Waals surface area contributed by atoms with Gasteiger partial charge in [0.1, 0.15) is 0 Å². The molecule has 71 heavy (non-hydrogen) atoms. The molecule has 0 bridgehead atoms. The summed E-state index contributed by atoms with van der Waals surface area (Å²) in [6.07, 6.45) is 72.2. The predicted molar refractivity (Wildman–Crippen MR) is 307 cm³/mol. The van der Waals surface area contributed by atoms with Crippen LogP contribution in [0.2, 0.25) is 0 Å². The lowest BCUT2D eigenvalue weighted by atomic mass is 10.0.